The minimum absolute atomic E-state index is 0.0482. The van der Waals surface area contributed by atoms with Gasteiger partial charge in [-0.1, -0.05) is 30.3 Å². The van der Waals surface area contributed by atoms with Crippen molar-refractivity contribution in [1.82, 2.24) is 20.9 Å². The molecule has 0 bridgehead atoms. The molecule has 0 radical (unpaired) electrons. The van der Waals surface area contributed by atoms with Crippen LogP contribution in [0.3, 0.4) is 0 Å². The highest BCUT2D eigenvalue weighted by Crippen LogP contribution is 2.20. The smallest absolute Gasteiger partial charge is 0.326 e. The van der Waals surface area contributed by atoms with Crippen LogP contribution in [-0.4, -0.2) is 86.6 Å². The zero-order valence-corrected chi connectivity index (χ0v) is 25.5. The first-order chi connectivity index (χ1) is 22.3. The number of carboxylic acid groups (broad SMARTS) is 2. The molecule has 0 spiro atoms. The first kappa shape index (κ1) is 35.8. The Morgan fingerprint density at radius 1 is 0.809 bits per heavy atom. The van der Waals surface area contributed by atoms with E-state index in [1.54, 1.807) is 24.4 Å². The average molecular weight is 653 g/mol. The van der Waals surface area contributed by atoms with Crippen molar-refractivity contribution >= 4 is 46.5 Å². The SMILES string of the molecule is NC(N)=NCCCC(NC(=O)C(N)Cc1ccc(O)cc1)C(=O)NC(Cc1c[nH]c2ccccc12)C(=O)NC(CCC(=O)O)C(=O)O. The van der Waals surface area contributed by atoms with Crippen LogP contribution < -0.4 is 33.2 Å². The van der Waals surface area contributed by atoms with Crippen molar-refractivity contribution in [2.24, 2.45) is 22.2 Å². The third-order valence-electron chi connectivity index (χ3n) is 7.30. The molecule has 0 aliphatic rings. The molecule has 0 saturated carbocycles. The second kappa shape index (κ2) is 17.2. The number of fused-ring (bicyclic) bond motifs is 1. The van der Waals surface area contributed by atoms with Gasteiger partial charge in [0.25, 0.3) is 0 Å². The molecule has 1 heterocycles. The lowest BCUT2D eigenvalue weighted by atomic mass is 10.0. The van der Waals surface area contributed by atoms with E-state index in [2.05, 4.69) is 25.9 Å². The number of amides is 3. The molecule has 16 nitrogen and oxygen atoms in total. The summed E-state index contributed by atoms with van der Waals surface area (Å²) in [6, 6.07) is 8.25. The number of guanidine groups is 1. The van der Waals surface area contributed by atoms with Crippen molar-refractivity contribution in [1.29, 1.82) is 0 Å². The number of H-pyrrole nitrogens is 1. The van der Waals surface area contributed by atoms with Gasteiger partial charge in [-0.25, -0.2) is 4.79 Å². The van der Waals surface area contributed by atoms with Crippen molar-refractivity contribution in [3.8, 4) is 5.75 Å². The molecular formula is C31H40N8O8. The number of hydrogen-bond acceptors (Lipinski definition) is 8. The molecule has 3 aromatic rings. The fraction of sp³-hybridized carbons (Fsp3) is 0.355. The summed E-state index contributed by atoms with van der Waals surface area (Å²) in [5.41, 5.74) is 19.0. The lowest BCUT2D eigenvalue weighted by Crippen LogP contribution is -2.57. The number of phenolic OH excluding ortho intramolecular Hbond substituents is 1. The number of nitrogens with two attached hydrogens (primary N) is 3. The number of aromatic amines is 1. The van der Waals surface area contributed by atoms with Crippen LogP contribution in [0.5, 0.6) is 5.75 Å². The number of aliphatic imine (C=N–C) groups is 1. The van der Waals surface area contributed by atoms with Crippen LogP contribution in [0.15, 0.2) is 59.7 Å². The second-order valence-corrected chi connectivity index (χ2v) is 10.9. The summed E-state index contributed by atoms with van der Waals surface area (Å²) in [6.07, 6.45) is 1.12. The molecule has 2 aromatic carbocycles. The molecule has 0 saturated heterocycles. The number of rotatable bonds is 18. The van der Waals surface area contributed by atoms with E-state index >= 15 is 0 Å². The van der Waals surface area contributed by atoms with E-state index in [9.17, 15) is 34.2 Å². The molecule has 1 aromatic heterocycles. The molecule has 16 heteroatoms. The second-order valence-electron chi connectivity index (χ2n) is 10.9. The maximum atomic E-state index is 13.7. The molecule has 3 rings (SSSR count). The lowest BCUT2D eigenvalue weighted by molar-refractivity contribution is -0.143. The van der Waals surface area contributed by atoms with Crippen molar-refractivity contribution in [3.05, 3.63) is 65.9 Å². The van der Waals surface area contributed by atoms with Gasteiger partial charge in [0.2, 0.25) is 17.7 Å². The monoisotopic (exact) mass is 652 g/mol. The van der Waals surface area contributed by atoms with E-state index in [1.165, 1.54) is 12.1 Å². The van der Waals surface area contributed by atoms with E-state index in [4.69, 9.17) is 22.3 Å². The minimum Gasteiger partial charge on any atom is -0.508 e. The van der Waals surface area contributed by atoms with Crippen LogP contribution >= 0.6 is 0 Å². The quantitative estimate of drug-likeness (QED) is 0.0472. The number of nitrogens with zero attached hydrogens (tertiary/aromatic N) is 1. The molecule has 4 atom stereocenters. The minimum atomic E-state index is -1.53. The van der Waals surface area contributed by atoms with Crippen LogP contribution in [0.25, 0.3) is 10.9 Å². The predicted octanol–water partition coefficient (Wildman–Crippen LogP) is -0.557. The first-order valence-electron chi connectivity index (χ1n) is 14.8. The molecular weight excluding hydrogens is 612 g/mol. The van der Waals surface area contributed by atoms with E-state index in [0.717, 1.165) is 10.9 Å². The molecule has 252 valence electrons. The van der Waals surface area contributed by atoms with E-state index in [0.29, 0.717) is 11.1 Å². The highest BCUT2D eigenvalue weighted by molar-refractivity contribution is 5.95. The van der Waals surface area contributed by atoms with Crippen LogP contribution in [0.2, 0.25) is 0 Å². The number of aromatic hydroxyl groups is 1. The number of aromatic nitrogens is 1. The van der Waals surface area contributed by atoms with Crippen molar-refractivity contribution in [2.75, 3.05) is 6.54 Å². The van der Waals surface area contributed by atoms with Crippen molar-refractivity contribution in [3.63, 3.8) is 0 Å². The zero-order valence-electron chi connectivity index (χ0n) is 25.5. The Morgan fingerprint density at radius 3 is 2.11 bits per heavy atom. The number of carboxylic acids is 2. The number of aliphatic carboxylic acids is 2. The van der Waals surface area contributed by atoms with Gasteiger partial charge >= 0.3 is 11.9 Å². The third-order valence-corrected chi connectivity index (χ3v) is 7.30. The van der Waals surface area contributed by atoms with E-state index < -0.39 is 60.2 Å². The first-order valence-corrected chi connectivity index (χ1v) is 14.8. The Bertz CT molecular complexity index is 1590. The van der Waals surface area contributed by atoms with Gasteiger partial charge in [0.1, 0.15) is 23.9 Å². The van der Waals surface area contributed by atoms with Crippen LogP contribution in [-0.2, 0) is 36.8 Å². The fourth-order valence-electron chi connectivity index (χ4n) is 4.83. The number of para-hydroxylation sites is 1. The summed E-state index contributed by atoms with van der Waals surface area (Å²) in [5.74, 6) is -5.06. The van der Waals surface area contributed by atoms with Crippen LogP contribution in [0, 0.1) is 0 Å². The lowest BCUT2D eigenvalue weighted by Gasteiger charge is -2.25. The zero-order chi connectivity index (χ0) is 34.5. The number of phenols is 1. The summed E-state index contributed by atoms with van der Waals surface area (Å²) in [6.45, 7) is 0.144. The Hall–Kier alpha value is -5.64. The van der Waals surface area contributed by atoms with Crippen molar-refractivity contribution in [2.45, 2.75) is 62.7 Å². The molecule has 3 amide bonds. The third kappa shape index (κ3) is 11.3. The van der Waals surface area contributed by atoms with E-state index in [1.807, 2.05) is 18.2 Å². The Balaban J connectivity index is 1.84. The largest absolute Gasteiger partial charge is 0.508 e. The number of nitrogens with one attached hydrogen (secondary N) is 4. The maximum absolute atomic E-state index is 13.7. The summed E-state index contributed by atoms with van der Waals surface area (Å²) in [5, 5.41) is 36.5. The molecule has 0 fully saturated rings. The Morgan fingerprint density at radius 2 is 1.45 bits per heavy atom. The Kier molecular flexibility index (Phi) is 13.1. The van der Waals surface area contributed by atoms with Gasteiger partial charge in [-0.05, 0) is 55.0 Å². The summed E-state index contributed by atoms with van der Waals surface area (Å²) in [7, 11) is 0. The maximum Gasteiger partial charge on any atom is 0.326 e. The molecule has 0 aliphatic carbocycles. The summed E-state index contributed by atoms with van der Waals surface area (Å²) < 4.78 is 0. The van der Waals surface area contributed by atoms with Gasteiger partial charge in [0.15, 0.2) is 5.96 Å². The number of carbonyl (C=O) groups is 5. The van der Waals surface area contributed by atoms with Gasteiger partial charge < -0.3 is 53.5 Å². The number of benzene rings is 2. The topological polar surface area (TPSA) is 288 Å². The van der Waals surface area contributed by atoms with Crippen LogP contribution in [0.4, 0.5) is 0 Å². The van der Waals surface area contributed by atoms with Gasteiger partial charge in [-0.2, -0.15) is 0 Å². The van der Waals surface area contributed by atoms with Gasteiger partial charge in [0, 0.05) is 36.5 Å². The fourth-order valence-corrected chi connectivity index (χ4v) is 4.83. The van der Waals surface area contributed by atoms with Gasteiger partial charge in [0.05, 0.1) is 6.04 Å². The van der Waals surface area contributed by atoms with Gasteiger partial charge in [-0.3, -0.25) is 24.2 Å². The highest BCUT2D eigenvalue weighted by Gasteiger charge is 2.31. The average Bonchev–Trinajstić information content (AvgIpc) is 3.43. The molecule has 0 aliphatic heterocycles. The number of hydrogen-bond donors (Lipinski definition) is 10. The summed E-state index contributed by atoms with van der Waals surface area (Å²) >= 11 is 0. The Labute approximate surface area is 269 Å². The predicted molar refractivity (Wildman–Crippen MR) is 172 cm³/mol. The molecule has 13 N–H and O–H groups in total. The molecule has 4 unspecified atom stereocenters. The van der Waals surface area contributed by atoms with Crippen LogP contribution in [0.1, 0.15) is 36.8 Å². The van der Waals surface area contributed by atoms with Crippen molar-refractivity contribution < 1.29 is 39.3 Å². The van der Waals surface area contributed by atoms with E-state index in [-0.39, 0.29) is 50.4 Å². The molecule has 47 heavy (non-hydrogen) atoms. The number of carbonyl (C=O) groups excluding carboxylic acids is 3. The standard InChI is InChI=1S/C31H40N8O8/c32-21(14-17-7-9-19(40)10-8-17)27(43)37-23(6-3-13-35-31(33)34)28(44)39-25(15-18-16-36-22-5-2-1-4-20(18)22)29(45)38-24(30(46)47)11-12-26(41)42/h1-2,4-5,7-10,16,21,23-25,36,40H,3,6,11-15,32H2,(H,37,43)(H,38,45)(H,39,44)(H,41,42)(H,46,47)(H4,33,34,35). The summed E-state index contributed by atoms with van der Waals surface area (Å²) in [4.78, 5) is 70.2. The normalized spacial score (nSPS) is 13.5. The highest BCUT2D eigenvalue weighted by atomic mass is 16.4. The van der Waals surface area contributed by atoms with Gasteiger partial charge in [-0.15, -0.1) is 0 Å².